The Bertz CT molecular complexity index is 308. The summed E-state index contributed by atoms with van der Waals surface area (Å²) in [5, 5.41) is 9.35. The van der Waals surface area contributed by atoms with Gasteiger partial charge in [0.1, 0.15) is 0 Å². The molecular formula is C10H11BrO3. The van der Waals surface area contributed by atoms with Gasteiger partial charge in [0.2, 0.25) is 0 Å². The van der Waals surface area contributed by atoms with E-state index in [0.717, 1.165) is 10.0 Å². The highest BCUT2D eigenvalue weighted by Crippen LogP contribution is 2.12. The third-order valence-electron chi connectivity index (χ3n) is 1.82. The summed E-state index contributed by atoms with van der Waals surface area (Å²) in [5.74, 6) is -0.604. The lowest BCUT2D eigenvalue weighted by Gasteiger charge is -2.07. The highest BCUT2D eigenvalue weighted by molar-refractivity contribution is 9.10. The lowest BCUT2D eigenvalue weighted by molar-refractivity contribution is -0.150. The zero-order valence-electron chi connectivity index (χ0n) is 7.74. The van der Waals surface area contributed by atoms with Crippen molar-refractivity contribution in [1.82, 2.24) is 0 Å². The van der Waals surface area contributed by atoms with Gasteiger partial charge in [-0.15, -0.1) is 0 Å². The molecule has 1 atom stereocenters. The molecule has 0 amide bonds. The second kappa shape index (κ2) is 5.12. The molecule has 0 aliphatic heterocycles. The highest BCUT2D eigenvalue weighted by atomic mass is 79.9. The van der Waals surface area contributed by atoms with Gasteiger partial charge in [0.15, 0.2) is 6.10 Å². The molecule has 1 N–H and O–H groups in total. The Morgan fingerprint density at radius 2 is 2.07 bits per heavy atom. The van der Waals surface area contributed by atoms with Crippen LogP contribution in [0.3, 0.4) is 0 Å². The van der Waals surface area contributed by atoms with Crippen molar-refractivity contribution in [3.63, 3.8) is 0 Å². The van der Waals surface area contributed by atoms with Gasteiger partial charge in [-0.1, -0.05) is 28.1 Å². The first-order chi connectivity index (χ1) is 6.63. The number of benzene rings is 1. The molecule has 0 radical (unpaired) electrons. The van der Waals surface area contributed by atoms with E-state index in [0.29, 0.717) is 0 Å². The lowest BCUT2D eigenvalue weighted by atomic mass is 10.1. The largest absolute Gasteiger partial charge is 0.467 e. The Balaban J connectivity index is 2.60. The summed E-state index contributed by atoms with van der Waals surface area (Å²) >= 11 is 3.30. The quantitative estimate of drug-likeness (QED) is 0.837. The van der Waals surface area contributed by atoms with Crippen LogP contribution in [0.5, 0.6) is 0 Å². The normalized spacial score (nSPS) is 12.2. The van der Waals surface area contributed by atoms with Crippen LogP contribution in [0.15, 0.2) is 28.7 Å². The molecule has 76 valence electrons. The van der Waals surface area contributed by atoms with Gasteiger partial charge in [-0.2, -0.15) is 0 Å². The van der Waals surface area contributed by atoms with E-state index < -0.39 is 12.1 Å². The Morgan fingerprint density at radius 1 is 1.50 bits per heavy atom. The summed E-state index contributed by atoms with van der Waals surface area (Å²) in [6.07, 6.45) is -0.805. The zero-order chi connectivity index (χ0) is 10.6. The summed E-state index contributed by atoms with van der Waals surface area (Å²) in [6.45, 7) is 0. The highest BCUT2D eigenvalue weighted by Gasteiger charge is 2.15. The molecule has 0 fully saturated rings. The minimum atomic E-state index is -1.08. The monoisotopic (exact) mass is 258 g/mol. The van der Waals surface area contributed by atoms with Crippen molar-refractivity contribution in [3.8, 4) is 0 Å². The summed E-state index contributed by atoms with van der Waals surface area (Å²) in [4.78, 5) is 10.9. The van der Waals surface area contributed by atoms with Gasteiger partial charge in [0.05, 0.1) is 7.11 Å². The number of hydrogen-bond donors (Lipinski definition) is 1. The van der Waals surface area contributed by atoms with Crippen LogP contribution < -0.4 is 0 Å². The molecule has 0 saturated heterocycles. The molecule has 3 nitrogen and oxygen atoms in total. The average Bonchev–Trinajstić information content (AvgIpc) is 2.20. The van der Waals surface area contributed by atoms with Gasteiger partial charge >= 0.3 is 5.97 Å². The van der Waals surface area contributed by atoms with Crippen molar-refractivity contribution in [2.24, 2.45) is 0 Å². The maximum atomic E-state index is 10.9. The Labute approximate surface area is 90.8 Å². The molecule has 1 aromatic rings. The van der Waals surface area contributed by atoms with Crippen molar-refractivity contribution in [2.75, 3.05) is 7.11 Å². The smallest absolute Gasteiger partial charge is 0.335 e. The van der Waals surface area contributed by atoms with Crippen LogP contribution in [0, 0.1) is 0 Å². The van der Waals surface area contributed by atoms with E-state index in [1.54, 1.807) is 0 Å². The Morgan fingerprint density at radius 3 is 2.57 bits per heavy atom. The minimum Gasteiger partial charge on any atom is -0.467 e. The summed E-state index contributed by atoms with van der Waals surface area (Å²) in [6, 6.07) is 7.41. The fraction of sp³-hybridized carbons (Fsp3) is 0.300. The van der Waals surface area contributed by atoms with Gasteiger partial charge in [0.25, 0.3) is 0 Å². The number of halogens is 1. The van der Waals surface area contributed by atoms with E-state index in [1.807, 2.05) is 24.3 Å². The number of methoxy groups -OCH3 is 1. The molecule has 1 unspecified atom stereocenters. The van der Waals surface area contributed by atoms with Crippen molar-refractivity contribution in [1.29, 1.82) is 0 Å². The number of esters is 1. The predicted octanol–water partition coefficient (Wildman–Crippen LogP) is 1.53. The molecule has 0 aliphatic carbocycles. The summed E-state index contributed by atoms with van der Waals surface area (Å²) in [7, 11) is 1.26. The predicted molar refractivity (Wildman–Crippen MR) is 55.9 cm³/mol. The number of carbonyl (C=O) groups excluding carboxylic acids is 1. The van der Waals surface area contributed by atoms with Gasteiger partial charge in [0, 0.05) is 10.9 Å². The van der Waals surface area contributed by atoms with Crippen LogP contribution in [0.25, 0.3) is 0 Å². The van der Waals surface area contributed by atoms with Crippen molar-refractivity contribution >= 4 is 21.9 Å². The average molecular weight is 259 g/mol. The number of carbonyl (C=O) groups is 1. The van der Waals surface area contributed by atoms with Gasteiger partial charge in [-0.05, 0) is 17.7 Å². The second-order valence-electron chi connectivity index (χ2n) is 2.87. The first-order valence-electron chi connectivity index (χ1n) is 4.14. The standard InChI is InChI=1S/C10H11BrO3/c1-14-10(13)9(12)6-7-2-4-8(11)5-3-7/h2-5,9,12H,6H2,1H3. The fourth-order valence-corrected chi connectivity index (χ4v) is 1.33. The van der Waals surface area contributed by atoms with Crippen LogP contribution >= 0.6 is 15.9 Å². The first-order valence-corrected chi connectivity index (χ1v) is 4.93. The maximum absolute atomic E-state index is 10.9. The van der Waals surface area contributed by atoms with E-state index in [4.69, 9.17) is 0 Å². The number of aliphatic hydroxyl groups excluding tert-OH is 1. The van der Waals surface area contributed by atoms with Gasteiger partial charge in [-0.3, -0.25) is 0 Å². The molecular weight excluding hydrogens is 248 g/mol. The van der Waals surface area contributed by atoms with Crippen LogP contribution in [0.1, 0.15) is 5.56 Å². The van der Waals surface area contributed by atoms with Crippen LogP contribution in [0.2, 0.25) is 0 Å². The van der Waals surface area contributed by atoms with Gasteiger partial charge < -0.3 is 9.84 Å². The Hall–Kier alpha value is -0.870. The summed E-state index contributed by atoms with van der Waals surface area (Å²) < 4.78 is 5.38. The molecule has 1 aromatic carbocycles. The molecule has 0 bridgehead atoms. The van der Waals surface area contributed by atoms with Crippen molar-refractivity contribution in [2.45, 2.75) is 12.5 Å². The molecule has 0 spiro atoms. The molecule has 0 aromatic heterocycles. The third kappa shape index (κ3) is 3.12. The number of ether oxygens (including phenoxy) is 1. The van der Waals surface area contributed by atoms with Crippen LogP contribution in [-0.4, -0.2) is 24.3 Å². The number of aliphatic hydroxyl groups is 1. The molecule has 4 heteroatoms. The van der Waals surface area contributed by atoms with E-state index >= 15 is 0 Å². The minimum absolute atomic E-state index is 0.278. The van der Waals surface area contributed by atoms with E-state index in [1.165, 1.54) is 7.11 Å². The molecule has 0 saturated carbocycles. The zero-order valence-corrected chi connectivity index (χ0v) is 9.32. The molecule has 1 rings (SSSR count). The molecule has 14 heavy (non-hydrogen) atoms. The number of hydrogen-bond acceptors (Lipinski definition) is 3. The van der Waals surface area contributed by atoms with E-state index in [2.05, 4.69) is 20.7 Å². The van der Waals surface area contributed by atoms with Crippen molar-refractivity contribution in [3.05, 3.63) is 34.3 Å². The second-order valence-corrected chi connectivity index (χ2v) is 3.79. The maximum Gasteiger partial charge on any atom is 0.335 e. The van der Waals surface area contributed by atoms with Crippen LogP contribution in [-0.2, 0) is 16.0 Å². The van der Waals surface area contributed by atoms with E-state index in [9.17, 15) is 9.90 Å². The fourth-order valence-electron chi connectivity index (χ4n) is 1.06. The molecule has 0 aliphatic rings. The lowest BCUT2D eigenvalue weighted by Crippen LogP contribution is -2.23. The topological polar surface area (TPSA) is 46.5 Å². The van der Waals surface area contributed by atoms with Crippen molar-refractivity contribution < 1.29 is 14.6 Å². The van der Waals surface area contributed by atoms with E-state index in [-0.39, 0.29) is 6.42 Å². The number of rotatable bonds is 3. The van der Waals surface area contributed by atoms with Gasteiger partial charge in [-0.25, -0.2) is 4.79 Å². The first kappa shape index (κ1) is 11.2. The van der Waals surface area contributed by atoms with Crippen LogP contribution in [0.4, 0.5) is 0 Å². The Kier molecular flexibility index (Phi) is 4.10. The third-order valence-corrected chi connectivity index (χ3v) is 2.34. The molecule has 0 heterocycles. The summed E-state index contributed by atoms with van der Waals surface area (Å²) in [5.41, 5.74) is 0.895. The SMILES string of the molecule is COC(=O)C(O)Cc1ccc(Br)cc1.